The van der Waals surface area contributed by atoms with Crippen molar-refractivity contribution in [3.8, 4) is 0 Å². The molecule has 0 saturated carbocycles. The van der Waals surface area contributed by atoms with E-state index < -0.39 is 0 Å². The third-order valence-corrected chi connectivity index (χ3v) is 5.41. The van der Waals surface area contributed by atoms with Crippen LogP contribution in [0.1, 0.15) is 16.1 Å². The zero-order valence-corrected chi connectivity index (χ0v) is 14.1. The van der Waals surface area contributed by atoms with Crippen LogP contribution in [-0.2, 0) is 5.75 Å². The first kappa shape index (κ1) is 15.5. The minimum Gasteiger partial charge on any atom is -0.451 e. The Morgan fingerprint density at radius 3 is 3.00 bits per heavy atom. The van der Waals surface area contributed by atoms with Crippen LogP contribution in [0.5, 0.6) is 0 Å². The van der Waals surface area contributed by atoms with Crippen LogP contribution in [-0.4, -0.2) is 41.7 Å². The summed E-state index contributed by atoms with van der Waals surface area (Å²) in [5.74, 6) is 1.88. The van der Waals surface area contributed by atoms with Crippen molar-refractivity contribution < 1.29 is 9.21 Å². The molecule has 0 bridgehead atoms. The molecule has 0 spiro atoms. The molecule has 0 radical (unpaired) electrons. The smallest absolute Gasteiger partial charge is 0.301 e. The Labute approximate surface area is 137 Å². The van der Waals surface area contributed by atoms with E-state index >= 15 is 0 Å². The number of hydrogen-bond acceptors (Lipinski definition) is 6. The number of carbonyl (C=O) groups excluding carboxylic acids is 1. The predicted octanol–water partition coefficient (Wildman–Crippen LogP) is 2.98. The van der Waals surface area contributed by atoms with Crippen LogP contribution in [0.15, 0.2) is 33.7 Å². The lowest BCUT2D eigenvalue weighted by atomic mass is 10.1. The number of benzene rings is 1. The van der Waals surface area contributed by atoms with Gasteiger partial charge in [0.05, 0.1) is 6.54 Å². The van der Waals surface area contributed by atoms with Crippen LogP contribution in [0.3, 0.4) is 0 Å². The Balaban J connectivity index is 1.91. The number of hydrogen-bond donors (Lipinski definition) is 1. The van der Waals surface area contributed by atoms with E-state index in [9.17, 15) is 4.79 Å². The van der Waals surface area contributed by atoms with Crippen molar-refractivity contribution in [2.75, 3.05) is 26.4 Å². The van der Waals surface area contributed by atoms with Crippen LogP contribution in [0.2, 0.25) is 0 Å². The second-order valence-electron chi connectivity index (χ2n) is 5.03. The molecule has 1 N–H and O–H groups in total. The van der Waals surface area contributed by atoms with Gasteiger partial charge in [0.15, 0.2) is 5.76 Å². The van der Waals surface area contributed by atoms with E-state index in [0.29, 0.717) is 11.5 Å². The largest absolute Gasteiger partial charge is 0.451 e. The van der Waals surface area contributed by atoms with E-state index in [2.05, 4.69) is 10.4 Å². The number of para-hydroxylation sites is 1. The van der Waals surface area contributed by atoms with Gasteiger partial charge < -0.3 is 4.42 Å². The molecular weight excluding hydrogens is 318 g/mol. The van der Waals surface area contributed by atoms with Crippen molar-refractivity contribution in [3.63, 3.8) is 0 Å². The van der Waals surface area contributed by atoms with Crippen LogP contribution >= 0.6 is 23.5 Å². The molecule has 2 heterocycles. The van der Waals surface area contributed by atoms with Gasteiger partial charge in [-0.2, -0.15) is 0 Å². The lowest BCUT2D eigenvalue weighted by Gasteiger charge is -2.11. The lowest BCUT2D eigenvalue weighted by Crippen LogP contribution is -2.36. The number of thioether (sulfide) groups is 2. The SMILES string of the molecule is CN(C)NC(=O)c1oc2ccccc2c1CSC1=NCCS1. The molecule has 1 aliphatic rings. The molecule has 1 aliphatic heterocycles. The molecule has 2 aromatic rings. The molecule has 5 nitrogen and oxygen atoms in total. The maximum atomic E-state index is 12.4. The third-order valence-electron chi connectivity index (χ3n) is 3.13. The third kappa shape index (κ3) is 3.31. The number of rotatable bonds is 4. The number of hydrazine groups is 1. The maximum absolute atomic E-state index is 12.4. The number of nitrogens with zero attached hydrogens (tertiary/aromatic N) is 2. The summed E-state index contributed by atoms with van der Waals surface area (Å²) in [6.45, 7) is 0.882. The van der Waals surface area contributed by atoms with Crippen molar-refractivity contribution in [3.05, 3.63) is 35.6 Å². The molecule has 0 atom stereocenters. The molecule has 0 saturated heterocycles. The molecule has 116 valence electrons. The molecule has 3 rings (SSSR count). The van der Waals surface area contributed by atoms with Crippen LogP contribution < -0.4 is 5.43 Å². The molecule has 22 heavy (non-hydrogen) atoms. The van der Waals surface area contributed by atoms with Gasteiger partial charge in [0.2, 0.25) is 0 Å². The molecule has 0 fully saturated rings. The van der Waals surface area contributed by atoms with Crippen molar-refractivity contribution in [1.82, 2.24) is 10.4 Å². The number of amides is 1. The molecule has 0 aliphatic carbocycles. The van der Waals surface area contributed by atoms with Gasteiger partial charge in [0.1, 0.15) is 9.96 Å². The fraction of sp³-hybridized carbons (Fsp3) is 0.333. The van der Waals surface area contributed by atoms with E-state index in [0.717, 1.165) is 33.2 Å². The summed E-state index contributed by atoms with van der Waals surface area (Å²) in [4.78, 5) is 16.8. The van der Waals surface area contributed by atoms with Crippen molar-refractivity contribution >= 4 is 44.8 Å². The highest BCUT2D eigenvalue weighted by Crippen LogP contribution is 2.32. The van der Waals surface area contributed by atoms with Crippen LogP contribution in [0.25, 0.3) is 11.0 Å². The highest BCUT2D eigenvalue weighted by atomic mass is 32.2. The standard InChI is InChI=1S/C15H17N3O2S2/c1-18(2)17-14(19)13-11(9-22-15-16-7-8-21-15)10-5-3-4-6-12(10)20-13/h3-6H,7-9H2,1-2H3,(H,17,19). The molecule has 1 aromatic carbocycles. The van der Waals surface area contributed by atoms with E-state index in [1.54, 1.807) is 42.6 Å². The summed E-state index contributed by atoms with van der Waals surface area (Å²) in [6.07, 6.45) is 0. The maximum Gasteiger partial charge on any atom is 0.301 e. The fourth-order valence-electron chi connectivity index (χ4n) is 2.22. The summed E-state index contributed by atoms with van der Waals surface area (Å²) in [5.41, 5.74) is 4.41. The molecule has 1 aromatic heterocycles. The predicted molar refractivity (Wildman–Crippen MR) is 93.4 cm³/mol. The summed E-state index contributed by atoms with van der Waals surface area (Å²) in [6, 6.07) is 7.75. The van der Waals surface area contributed by atoms with Gasteiger partial charge in [-0.15, -0.1) is 0 Å². The Morgan fingerprint density at radius 1 is 1.45 bits per heavy atom. The first-order chi connectivity index (χ1) is 10.6. The van der Waals surface area contributed by atoms with Gasteiger partial charge in [-0.1, -0.05) is 41.7 Å². The van der Waals surface area contributed by atoms with Gasteiger partial charge >= 0.3 is 5.91 Å². The first-order valence-corrected chi connectivity index (χ1v) is 8.91. The summed E-state index contributed by atoms with van der Waals surface area (Å²) in [7, 11) is 3.55. The van der Waals surface area contributed by atoms with Crippen LogP contribution in [0, 0.1) is 0 Å². The second kappa shape index (κ2) is 6.76. The fourth-order valence-corrected chi connectivity index (χ4v) is 4.25. The average molecular weight is 335 g/mol. The normalized spacial score (nSPS) is 14.6. The molecular formula is C15H17N3O2S2. The monoisotopic (exact) mass is 335 g/mol. The summed E-state index contributed by atoms with van der Waals surface area (Å²) in [5, 5.41) is 2.60. The van der Waals surface area contributed by atoms with Crippen molar-refractivity contribution in [2.45, 2.75) is 5.75 Å². The lowest BCUT2D eigenvalue weighted by molar-refractivity contribution is 0.0828. The Hall–Kier alpha value is -1.44. The molecule has 0 unspecified atom stereocenters. The van der Waals surface area contributed by atoms with Crippen LogP contribution in [0.4, 0.5) is 0 Å². The second-order valence-corrected chi connectivity index (χ2v) is 7.33. The number of nitrogens with one attached hydrogen (secondary N) is 1. The first-order valence-electron chi connectivity index (χ1n) is 6.94. The molecule has 1 amide bonds. The highest BCUT2D eigenvalue weighted by Gasteiger charge is 2.21. The topological polar surface area (TPSA) is 57.8 Å². The van der Waals surface area contributed by atoms with Crippen molar-refractivity contribution in [1.29, 1.82) is 0 Å². The average Bonchev–Trinajstić information content (AvgIpc) is 3.11. The minimum absolute atomic E-state index is 0.224. The van der Waals surface area contributed by atoms with E-state index in [4.69, 9.17) is 4.42 Å². The number of aliphatic imine (C=N–C) groups is 1. The van der Waals surface area contributed by atoms with Gasteiger partial charge in [-0.3, -0.25) is 15.2 Å². The summed E-state index contributed by atoms with van der Waals surface area (Å²) >= 11 is 3.43. The van der Waals surface area contributed by atoms with Gasteiger partial charge in [0, 0.05) is 36.6 Å². The quantitative estimate of drug-likeness (QED) is 0.871. The van der Waals surface area contributed by atoms with Gasteiger partial charge in [-0.05, 0) is 6.07 Å². The van der Waals surface area contributed by atoms with Gasteiger partial charge in [0.25, 0.3) is 0 Å². The summed E-state index contributed by atoms with van der Waals surface area (Å²) < 4.78 is 6.87. The highest BCUT2D eigenvalue weighted by molar-refractivity contribution is 8.38. The molecule has 7 heteroatoms. The van der Waals surface area contributed by atoms with E-state index in [1.807, 2.05) is 24.3 Å². The Kier molecular flexibility index (Phi) is 4.75. The van der Waals surface area contributed by atoms with Gasteiger partial charge in [-0.25, -0.2) is 5.01 Å². The number of fused-ring (bicyclic) bond motifs is 1. The Morgan fingerprint density at radius 2 is 2.27 bits per heavy atom. The number of carbonyl (C=O) groups is 1. The minimum atomic E-state index is -0.224. The van der Waals surface area contributed by atoms with E-state index in [-0.39, 0.29) is 5.91 Å². The zero-order valence-electron chi connectivity index (χ0n) is 12.5. The van der Waals surface area contributed by atoms with Crippen molar-refractivity contribution in [2.24, 2.45) is 4.99 Å². The zero-order chi connectivity index (χ0) is 15.5. The van der Waals surface area contributed by atoms with E-state index in [1.165, 1.54) is 0 Å². The number of furan rings is 1. The Bertz CT molecular complexity index is 725.